The molecule has 0 bridgehead atoms. The maximum Gasteiger partial charge on any atom is 0.387 e. The second kappa shape index (κ2) is 10.4. The monoisotopic (exact) mass is 490 g/mol. The number of likely N-dealkylation sites (tertiary alicyclic amines) is 1. The molecule has 0 spiro atoms. The van der Waals surface area contributed by atoms with Crippen molar-refractivity contribution >= 4 is 41.1 Å². The molecule has 1 aliphatic heterocycles. The summed E-state index contributed by atoms with van der Waals surface area (Å²) in [5.41, 5.74) is 1.50. The molecule has 0 amide bonds. The molecular formula is C22H18Cl2F4NO3+. The smallest absolute Gasteiger partial charge is 0.387 e. The number of hydrogen-bond donors (Lipinski definition) is 1. The molecule has 4 nitrogen and oxygen atoms in total. The molecule has 1 unspecified atom stereocenters. The van der Waals surface area contributed by atoms with Crippen molar-refractivity contribution in [3.63, 3.8) is 0 Å². The van der Waals surface area contributed by atoms with Gasteiger partial charge in [-0.05, 0) is 59.7 Å². The molecule has 1 N–H and O–H groups in total. The highest BCUT2D eigenvalue weighted by Crippen LogP contribution is 2.28. The van der Waals surface area contributed by atoms with Gasteiger partial charge in [-0.25, -0.2) is 0 Å². The van der Waals surface area contributed by atoms with Crippen LogP contribution in [0.15, 0.2) is 47.5 Å². The van der Waals surface area contributed by atoms with Gasteiger partial charge in [-0.15, -0.1) is 0 Å². The van der Waals surface area contributed by atoms with Crippen LogP contribution in [-0.2, 0) is 4.79 Å². The predicted octanol–water partition coefficient (Wildman–Crippen LogP) is 4.76. The van der Waals surface area contributed by atoms with Crippen LogP contribution < -0.4 is 14.4 Å². The largest absolute Gasteiger partial charge is 0.435 e. The number of Topliss-reactive ketones (excluding diaryl/α,β-unsaturated/α-hetero) is 1. The Kier molecular flexibility index (Phi) is 7.82. The summed E-state index contributed by atoms with van der Waals surface area (Å²) >= 11 is 12.3. The van der Waals surface area contributed by atoms with Crippen molar-refractivity contribution in [3.05, 3.63) is 68.7 Å². The summed E-state index contributed by atoms with van der Waals surface area (Å²) < 4.78 is 58.9. The normalized spacial score (nSPS) is 19.3. The van der Waals surface area contributed by atoms with Gasteiger partial charge >= 0.3 is 13.2 Å². The molecule has 170 valence electrons. The standard InChI is InChI=1S/C22H17Cl2F4NO3/c1-29-10-14(6-12-8-16(31-21(25)26)2-4-18(12)23)20(30)15(11-29)7-13-9-17(32-22(27)28)3-5-19(13)24/h2-9,21-22H,10-11H2,1H3/p+1/b14-6-,15-7+. The minimum Gasteiger partial charge on any atom is -0.435 e. The van der Waals surface area contributed by atoms with E-state index >= 15 is 0 Å². The van der Waals surface area contributed by atoms with Gasteiger partial charge < -0.3 is 14.4 Å². The minimum atomic E-state index is -2.99. The van der Waals surface area contributed by atoms with Gasteiger partial charge in [0.05, 0.1) is 18.2 Å². The zero-order chi connectivity index (χ0) is 23.4. The van der Waals surface area contributed by atoms with Gasteiger partial charge in [-0.2, -0.15) is 17.6 Å². The fraction of sp³-hybridized carbons (Fsp3) is 0.227. The number of halogens is 6. The molecule has 32 heavy (non-hydrogen) atoms. The van der Waals surface area contributed by atoms with Crippen LogP contribution in [-0.4, -0.2) is 39.1 Å². The number of carbonyl (C=O) groups excluding carboxylic acids is 1. The fourth-order valence-corrected chi connectivity index (χ4v) is 3.65. The highest BCUT2D eigenvalue weighted by Gasteiger charge is 2.27. The molecule has 1 aliphatic rings. The van der Waals surface area contributed by atoms with Crippen LogP contribution in [0.4, 0.5) is 17.6 Å². The fourth-order valence-electron chi connectivity index (χ4n) is 3.31. The zero-order valence-corrected chi connectivity index (χ0v) is 18.2. The molecule has 2 aromatic rings. The first-order chi connectivity index (χ1) is 15.1. The third-order valence-corrected chi connectivity index (χ3v) is 5.30. The number of alkyl halides is 4. The summed E-state index contributed by atoms with van der Waals surface area (Å²) in [5.74, 6) is -0.458. The summed E-state index contributed by atoms with van der Waals surface area (Å²) in [6, 6.07) is 8.06. The Bertz CT molecular complexity index is 992. The molecule has 0 aliphatic carbocycles. The Hall–Kier alpha value is -2.55. The molecule has 0 aromatic heterocycles. The number of ketones is 1. The van der Waals surface area contributed by atoms with Crippen molar-refractivity contribution in [2.45, 2.75) is 13.2 Å². The van der Waals surface area contributed by atoms with E-state index in [9.17, 15) is 22.4 Å². The van der Waals surface area contributed by atoms with Crippen LogP contribution in [0.1, 0.15) is 11.1 Å². The number of rotatable bonds is 6. The number of hydrogen-bond acceptors (Lipinski definition) is 3. The van der Waals surface area contributed by atoms with Gasteiger partial charge in [0.15, 0.2) is 5.78 Å². The first-order valence-electron chi connectivity index (χ1n) is 9.38. The van der Waals surface area contributed by atoms with Crippen LogP contribution in [0.3, 0.4) is 0 Å². The van der Waals surface area contributed by atoms with Gasteiger partial charge in [-0.1, -0.05) is 23.2 Å². The molecule has 1 fully saturated rings. The second-order valence-corrected chi connectivity index (χ2v) is 7.92. The summed E-state index contributed by atoms with van der Waals surface area (Å²) in [6.07, 6.45) is 3.05. The average molecular weight is 491 g/mol. The number of ether oxygens (including phenoxy) is 2. The SMILES string of the molecule is C[NH+]1C/C(=C/c2cc(OC(F)F)ccc2Cl)C(=O)/C(=C/c2cc(OC(F)F)ccc2Cl)C1. The lowest BCUT2D eigenvalue weighted by Crippen LogP contribution is -3.10. The van der Waals surface area contributed by atoms with Crippen LogP contribution in [0.2, 0.25) is 10.0 Å². The highest BCUT2D eigenvalue weighted by molar-refractivity contribution is 6.33. The Morgan fingerprint density at radius 3 is 1.62 bits per heavy atom. The summed E-state index contributed by atoms with van der Waals surface area (Å²) in [7, 11) is 1.87. The molecule has 0 radical (unpaired) electrons. The van der Waals surface area contributed by atoms with Crippen LogP contribution in [0, 0.1) is 0 Å². The number of piperidine rings is 1. The number of quaternary nitrogens is 1. The Balaban J connectivity index is 1.95. The molecule has 3 rings (SSSR count). The van der Waals surface area contributed by atoms with E-state index in [0.717, 1.165) is 4.90 Å². The van der Waals surface area contributed by atoms with E-state index in [4.69, 9.17) is 23.2 Å². The molecule has 1 heterocycles. The molecular weight excluding hydrogens is 473 g/mol. The first kappa shape index (κ1) is 24.1. The lowest BCUT2D eigenvalue weighted by molar-refractivity contribution is -0.870. The third-order valence-electron chi connectivity index (χ3n) is 4.61. The van der Waals surface area contributed by atoms with Gasteiger partial charge in [0.2, 0.25) is 0 Å². The maximum absolute atomic E-state index is 13.1. The van der Waals surface area contributed by atoms with Crippen LogP contribution >= 0.6 is 23.2 Å². The summed E-state index contributed by atoms with van der Waals surface area (Å²) in [4.78, 5) is 14.1. The van der Waals surface area contributed by atoms with E-state index in [1.54, 1.807) is 0 Å². The molecule has 1 atom stereocenters. The topological polar surface area (TPSA) is 40.0 Å². The van der Waals surface area contributed by atoms with Gasteiger partial charge in [0, 0.05) is 10.0 Å². The van der Waals surface area contributed by atoms with E-state index in [1.165, 1.54) is 48.6 Å². The minimum absolute atomic E-state index is 0.0846. The number of carbonyl (C=O) groups is 1. The zero-order valence-electron chi connectivity index (χ0n) is 16.7. The third kappa shape index (κ3) is 6.25. The summed E-state index contributed by atoms with van der Waals surface area (Å²) in [6.45, 7) is -5.25. The van der Waals surface area contributed by atoms with Crippen LogP contribution in [0.25, 0.3) is 12.2 Å². The van der Waals surface area contributed by atoms with Crippen molar-refractivity contribution < 1.29 is 36.7 Å². The molecule has 0 saturated carbocycles. The van der Waals surface area contributed by atoms with Crippen LogP contribution in [0.5, 0.6) is 11.5 Å². The van der Waals surface area contributed by atoms with E-state index < -0.39 is 13.2 Å². The number of likely N-dealkylation sites (N-methyl/N-ethyl adjacent to an activating group) is 1. The average Bonchev–Trinajstić information content (AvgIpc) is 2.69. The van der Waals surface area contributed by atoms with E-state index in [2.05, 4.69) is 9.47 Å². The number of benzene rings is 2. The Labute approximate surface area is 191 Å². The van der Waals surface area contributed by atoms with Gasteiger partial charge in [0.25, 0.3) is 0 Å². The Morgan fingerprint density at radius 1 is 0.844 bits per heavy atom. The quantitative estimate of drug-likeness (QED) is 0.468. The molecule has 2 aromatic carbocycles. The lowest BCUT2D eigenvalue weighted by atomic mass is 9.94. The van der Waals surface area contributed by atoms with E-state index in [1.807, 2.05) is 7.05 Å². The molecule has 10 heteroatoms. The van der Waals surface area contributed by atoms with Gasteiger partial charge in [-0.3, -0.25) is 4.79 Å². The first-order valence-corrected chi connectivity index (χ1v) is 10.1. The van der Waals surface area contributed by atoms with Crippen molar-refractivity contribution in [2.75, 3.05) is 20.1 Å². The van der Waals surface area contributed by atoms with Crippen molar-refractivity contribution in [2.24, 2.45) is 0 Å². The number of nitrogens with one attached hydrogen (secondary N) is 1. The van der Waals surface area contributed by atoms with Crippen molar-refractivity contribution in [1.29, 1.82) is 0 Å². The molecule has 1 saturated heterocycles. The maximum atomic E-state index is 13.1. The predicted molar refractivity (Wildman–Crippen MR) is 114 cm³/mol. The van der Waals surface area contributed by atoms with Crippen molar-refractivity contribution in [3.8, 4) is 11.5 Å². The lowest BCUT2D eigenvalue weighted by Gasteiger charge is -2.23. The Morgan fingerprint density at radius 2 is 1.25 bits per heavy atom. The van der Waals surface area contributed by atoms with Gasteiger partial charge in [0.1, 0.15) is 24.6 Å². The van der Waals surface area contributed by atoms with Crippen molar-refractivity contribution in [1.82, 2.24) is 0 Å². The van der Waals surface area contributed by atoms with E-state index in [0.29, 0.717) is 35.4 Å². The highest BCUT2D eigenvalue weighted by atomic mass is 35.5. The van der Waals surface area contributed by atoms with E-state index in [-0.39, 0.29) is 27.3 Å². The second-order valence-electron chi connectivity index (χ2n) is 7.10. The summed E-state index contributed by atoms with van der Waals surface area (Å²) in [5, 5.41) is 0.529.